The number of aliphatic hydroxyl groups is 1. The van der Waals surface area contributed by atoms with Crippen molar-refractivity contribution >= 4 is 11.3 Å². The van der Waals surface area contributed by atoms with E-state index in [0.717, 1.165) is 33.3 Å². The number of rotatable bonds is 2. The zero-order valence-electron chi connectivity index (χ0n) is 10.1. The van der Waals surface area contributed by atoms with Crippen molar-refractivity contribution < 1.29 is 14.6 Å². The van der Waals surface area contributed by atoms with Crippen LogP contribution in [0, 0.1) is 6.92 Å². The van der Waals surface area contributed by atoms with Gasteiger partial charge in [-0.2, -0.15) is 0 Å². The van der Waals surface area contributed by atoms with Crippen LogP contribution in [0.1, 0.15) is 23.6 Å². The standard InChI is InChI=1S/C13H13NO3S/c1-7-3-11-12(17-6-16-11)4-9(7)10-5-18-13(14-10)8(2)15/h3-5,8,15H,6H2,1-2H3. The van der Waals surface area contributed by atoms with E-state index < -0.39 is 6.10 Å². The minimum atomic E-state index is -0.530. The summed E-state index contributed by atoms with van der Waals surface area (Å²) in [6, 6.07) is 3.90. The van der Waals surface area contributed by atoms with Gasteiger partial charge in [0, 0.05) is 10.9 Å². The summed E-state index contributed by atoms with van der Waals surface area (Å²) in [5, 5.41) is 12.2. The van der Waals surface area contributed by atoms with E-state index in [1.807, 2.05) is 24.4 Å². The lowest BCUT2D eigenvalue weighted by atomic mass is 10.1. The average Bonchev–Trinajstić information content (AvgIpc) is 2.94. The van der Waals surface area contributed by atoms with Crippen LogP contribution in [0.3, 0.4) is 0 Å². The van der Waals surface area contributed by atoms with Crippen molar-refractivity contribution in [1.29, 1.82) is 0 Å². The average molecular weight is 263 g/mol. The summed E-state index contributed by atoms with van der Waals surface area (Å²) in [4.78, 5) is 4.44. The van der Waals surface area contributed by atoms with Gasteiger partial charge in [-0.15, -0.1) is 11.3 Å². The Labute approximate surface area is 109 Å². The van der Waals surface area contributed by atoms with E-state index in [1.54, 1.807) is 6.92 Å². The van der Waals surface area contributed by atoms with Crippen LogP contribution in [0.15, 0.2) is 17.5 Å². The topological polar surface area (TPSA) is 51.6 Å². The first-order valence-electron chi connectivity index (χ1n) is 5.69. The van der Waals surface area contributed by atoms with Crippen LogP contribution < -0.4 is 9.47 Å². The zero-order chi connectivity index (χ0) is 12.7. The minimum absolute atomic E-state index is 0.272. The fourth-order valence-corrected chi connectivity index (χ4v) is 2.68. The Kier molecular flexibility index (Phi) is 2.72. The molecule has 0 aliphatic carbocycles. The monoisotopic (exact) mass is 263 g/mol. The van der Waals surface area contributed by atoms with Gasteiger partial charge >= 0.3 is 0 Å². The quantitative estimate of drug-likeness (QED) is 0.905. The SMILES string of the molecule is Cc1cc2c(cc1-c1csc(C(C)O)n1)OCO2. The fourth-order valence-electron chi connectivity index (χ4n) is 1.92. The lowest BCUT2D eigenvalue weighted by Crippen LogP contribution is -1.92. The molecule has 2 heterocycles. The van der Waals surface area contributed by atoms with E-state index in [0.29, 0.717) is 0 Å². The molecule has 0 amide bonds. The molecule has 1 aliphatic heterocycles. The maximum Gasteiger partial charge on any atom is 0.231 e. The molecule has 4 nitrogen and oxygen atoms in total. The Balaban J connectivity index is 2.05. The van der Waals surface area contributed by atoms with Gasteiger partial charge < -0.3 is 14.6 Å². The molecule has 1 unspecified atom stereocenters. The second-order valence-electron chi connectivity index (χ2n) is 4.27. The van der Waals surface area contributed by atoms with E-state index in [4.69, 9.17) is 9.47 Å². The molecule has 1 N–H and O–H groups in total. The largest absolute Gasteiger partial charge is 0.454 e. The predicted octanol–water partition coefficient (Wildman–Crippen LogP) is 2.90. The number of benzene rings is 1. The molecule has 3 rings (SSSR count). The van der Waals surface area contributed by atoms with E-state index in [-0.39, 0.29) is 6.79 Å². The van der Waals surface area contributed by atoms with Gasteiger partial charge in [0.2, 0.25) is 6.79 Å². The zero-order valence-corrected chi connectivity index (χ0v) is 11.0. The van der Waals surface area contributed by atoms with Crippen LogP contribution in [-0.2, 0) is 0 Å². The van der Waals surface area contributed by atoms with Crippen molar-refractivity contribution in [3.05, 3.63) is 28.1 Å². The first-order valence-corrected chi connectivity index (χ1v) is 6.57. The van der Waals surface area contributed by atoms with E-state index in [2.05, 4.69) is 4.98 Å². The van der Waals surface area contributed by atoms with Gasteiger partial charge in [-0.1, -0.05) is 0 Å². The van der Waals surface area contributed by atoms with Gasteiger partial charge in [0.25, 0.3) is 0 Å². The van der Waals surface area contributed by atoms with E-state index in [9.17, 15) is 5.11 Å². The molecular weight excluding hydrogens is 250 g/mol. The number of aliphatic hydroxyl groups excluding tert-OH is 1. The number of thiazole rings is 1. The Bertz CT molecular complexity index is 592. The number of fused-ring (bicyclic) bond motifs is 1. The molecule has 1 aliphatic rings. The van der Waals surface area contributed by atoms with Crippen molar-refractivity contribution in [2.45, 2.75) is 20.0 Å². The number of nitrogens with zero attached hydrogens (tertiary/aromatic N) is 1. The molecule has 5 heteroatoms. The number of aromatic nitrogens is 1. The van der Waals surface area contributed by atoms with Gasteiger partial charge in [0.1, 0.15) is 11.1 Å². The third-order valence-corrected chi connectivity index (χ3v) is 3.89. The highest BCUT2D eigenvalue weighted by atomic mass is 32.1. The Hall–Kier alpha value is -1.59. The summed E-state index contributed by atoms with van der Waals surface area (Å²) in [7, 11) is 0. The van der Waals surface area contributed by atoms with Gasteiger partial charge in [-0.05, 0) is 31.5 Å². The maximum atomic E-state index is 9.51. The lowest BCUT2D eigenvalue weighted by Gasteiger charge is -2.05. The van der Waals surface area contributed by atoms with Crippen molar-refractivity contribution in [3.63, 3.8) is 0 Å². The highest BCUT2D eigenvalue weighted by molar-refractivity contribution is 7.10. The first-order chi connectivity index (χ1) is 8.65. The highest BCUT2D eigenvalue weighted by Crippen LogP contribution is 2.38. The molecule has 1 atom stereocenters. The smallest absolute Gasteiger partial charge is 0.231 e. The molecule has 0 radical (unpaired) electrons. The first kappa shape index (κ1) is 11.5. The third kappa shape index (κ3) is 1.85. The fraction of sp³-hybridized carbons (Fsp3) is 0.308. The summed E-state index contributed by atoms with van der Waals surface area (Å²) < 4.78 is 10.7. The molecule has 0 spiro atoms. The Morgan fingerprint density at radius 3 is 2.72 bits per heavy atom. The molecule has 0 bridgehead atoms. The molecule has 0 saturated heterocycles. The van der Waals surface area contributed by atoms with Crippen LogP contribution in [0.2, 0.25) is 0 Å². The highest BCUT2D eigenvalue weighted by Gasteiger charge is 2.18. The van der Waals surface area contributed by atoms with Crippen LogP contribution in [0.25, 0.3) is 11.3 Å². The molecule has 0 saturated carbocycles. The van der Waals surface area contributed by atoms with Gasteiger partial charge in [0.15, 0.2) is 11.5 Å². The van der Waals surface area contributed by atoms with Crippen molar-refractivity contribution in [2.75, 3.05) is 6.79 Å². The maximum absolute atomic E-state index is 9.51. The molecule has 1 aromatic carbocycles. The van der Waals surface area contributed by atoms with E-state index in [1.165, 1.54) is 11.3 Å². The van der Waals surface area contributed by atoms with Crippen LogP contribution in [-0.4, -0.2) is 16.9 Å². The second kappa shape index (κ2) is 4.26. The molecule has 1 aromatic heterocycles. The summed E-state index contributed by atoms with van der Waals surface area (Å²) in [5.41, 5.74) is 2.97. The predicted molar refractivity (Wildman–Crippen MR) is 69.0 cm³/mol. The lowest BCUT2D eigenvalue weighted by molar-refractivity contribution is 0.174. The number of ether oxygens (including phenoxy) is 2. The van der Waals surface area contributed by atoms with E-state index >= 15 is 0 Å². The normalized spacial score (nSPS) is 14.8. The minimum Gasteiger partial charge on any atom is -0.454 e. The van der Waals surface area contributed by atoms with Crippen molar-refractivity contribution in [3.8, 4) is 22.8 Å². The second-order valence-corrected chi connectivity index (χ2v) is 5.16. The number of hydrogen-bond acceptors (Lipinski definition) is 5. The number of aryl methyl sites for hydroxylation is 1. The van der Waals surface area contributed by atoms with Crippen LogP contribution in [0.5, 0.6) is 11.5 Å². The van der Waals surface area contributed by atoms with Gasteiger partial charge in [0.05, 0.1) is 5.69 Å². The molecule has 2 aromatic rings. The summed E-state index contributed by atoms with van der Waals surface area (Å²) in [6.07, 6.45) is -0.530. The molecule has 94 valence electrons. The number of hydrogen-bond donors (Lipinski definition) is 1. The summed E-state index contributed by atoms with van der Waals surface area (Å²) >= 11 is 1.46. The molecule has 0 fully saturated rings. The van der Waals surface area contributed by atoms with Crippen LogP contribution >= 0.6 is 11.3 Å². The van der Waals surface area contributed by atoms with Gasteiger partial charge in [-0.3, -0.25) is 0 Å². The Morgan fingerprint density at radius 2 is 2.06 bits per heavy atom. The molecular formula is C13H13NO3S. The van der Waals surface area contributed by atoms with Crippen molar-refractivity contribution in [1.82, 2.24) is 4.98 Å². The summed E-state index contributed by atoms with van der Waals surface area (Å²) in [6.45, 7) is 4.00. The summed E-state index contributed by atoms with van der Waals surface area (Å²) in [5.74, 6) is 1.53. The third-order valence-electron chi connectivity index (χ3n) is 2.87. The van der Waals surface area contributed by atoms with Crippen LogP contribution in [0.4, 0.5) is 0 Å². The van der Waals surface area contributed by atoms with Crippen molar-refractivity contribution in [2.24, 2.45) is 0 Å². The Morgan fingerprint density at radius 1 is 1.33 bits per heavy atom. The molecule has 18 heavy (non-hydrogen) atoms. The van der Waals surface area contributed by atoms with Gasteiger partial charge in [-0.25, -0.2) is 4.98 Å².